The van der Waals surface area contributed by atoms with E-state index >= 15 is 0 Å². The molecular formula is C12H15NS. The lowest BCUT2D eigenvalue weighted by Gasteiger charge is -1.95. The molecule has 2 aromatic heterocycles. The number of aryl methyl sites for hydroxylation is 4. The number of aromatic amines is 1. The molecule has 2 heterocycles. The highest BCUT2D eigenvalue weighted by molar-refractivity contribution is 7.11. The van der Waals surface area contributed by atoms with Crippen LogP contribution < -0.4 is 0 Å². The van der Waals surface area contributed by atoms with Crippen LogP contribution in [0.15, 0.2) is 24.3 Å². The number of rotatable bonds is 3. The molecule has 0 saturated heterocycles. The van der Waals surface area contributed by atoms with Crippen molar-refractivity contribution in [3.63, 3.8) is 0 Å². The van der Waals surface area contributed by atoms with Gasteiger partial charge in [0.25, 0.3) is 0 Å². The van der Waals surface area contributed by atoms with Gasteiger partial charge in [-0.1, -0.05) is 0 Å². The second kappa shape index (κ2) is 4.01. The van der Waals surface area contributed by atoms with Crippen LogP contribution in [0.5, 0.6) is 0 Å². The van der Waals surface area contributed by atoms with Crippen molar-refractivity contribution in [1.29, 1.82) is 0 Å². The van der Waals surface area contributed by atoms with Crippen LogP contribution in [0.2, 0.25) is 0 Å². The predicted octanol–water partition coefficient (Wildman–Crippen LogP) is 3.48. The first kappa shape index (κ1) is 9.53. The van der Waals surface area contributed by atoms with Crippen LogP contribution in [0, 0.1) is 13.8 Å². The fraction of sp³-hybridized carbons (Fsp3) is 0.333. The third kappa shape index (κ3) is 2.26. The molecule has 0 spiro atoms. The lowest BCUT2D eigenvalue weighted by molar-refractivity contribution is 0.935. The van der Waals surface area contributed by atoms with Gasteiger partial charge in [-0.05, 0) is 51.0 Å². The molecule has 0 fully saturated rings. The minimum Gasteiger partial charge on any atom is -0.362 e. The van der Waals surface area contributed by atoms with E-state index < -0.39 is 0 Å². The number of hydrogen-bond donors (Lipinski definition) is 1. The van der Waals surface area contributed by atoms with E-state index in [4.69, 9.17) is 0 Å². The van der Waals surface area contributed by atoms with Gasteiger partial charge in [0.15, 0.2) is 0 Å². The number of nitrogens with one attached hydrogen (secondary N) is 1. The van der Waals surface area contributed by atoms with Gasteiger partial charge in [0.2, 0.25) is 0 Å². The second-order valence-corrected chi connectivity index (χ2v) is 5.05. The summed E-state index contributed by atoms with van der Waals surface area (Å²) in [7, 11) is 0. The van der Waals surface area contributed by atoms with E-state index in [0.717, 1.165) is 12.8 Å². The first-order chi connectivity index (χ1) is 6.74. The van der Waals surface area contributed by atoms with Gasteiger partial charge in [0, 0.05) is 21.1 Å². The molecular weight excluding hydrogens is 190 g/mol. The van der Waals surface area contributed by atoms with Crippen molar-refractivity contribution >= 4 is 11.3 Å². The highest BCUT2D eigenvalue weighted by Gasteiger charge is 1.99. The lowest BCUT2D eigenvalue weighted by Crippen LogP contribution is -1.88. The molecule has 0 unspecified atom stereocenters. The third-order valence-electron chi connectivity index (χ3n) is 2.33. The number of hydrogen-bond acceptors (Lipinski definition) is 1. The van der Waals surface area contributed by atoms with E-state index in [-0.39, 0.29) is 0 Å². The predicted molar refractivity (Wildman–Crippen MR) is 62.0 cm³/mol. The Morgan fingerprint density at radius 3 is 2.50 bits per heavy atom. The quantitative estimate of drug-likeness (QED) is 0.789. The van der Waals surface area contributed by atoms with Crippen molar-refractivity contribution in [2.75, 3.05) is 0 Å². The van der Waals surface area contributed by atoms with E-state index in [2.05, 4.69) is 43.1 Å². The third-order valence-corrected chi connectivity index (χ3v) is 3.39. The van der Waals surface area contributed by atoms with Gasteiger partial charge >= 0.3 is 0 Å². The van der Waals surface area contributed by atoms with Gasteiger partial charge in [-0.15, -0.1) is 11.3 Å². The summed E-state index contributed by atoms with van der Waals surface area (Å²) in [5.41, 5.74) is 2.59. The molecule has 0 aliphatic heterocycles. The Kier molecular flexibility index (Phi) is 2.73. The van der Waals surface area contributed by atoms with Crippen molar-refractivity contribution in [1.82, 2.24) is 4.98 Å². The van der Waals surface area contributed by atoms with E-state index in [0.29, 0.717) is 0 Å². The maximum absolute atomic E-state index is 3.36. The van der Waals surface area contributed by atoms with Gasteiger partial charge < -0.3 is 4.98 Å². The number of thiophene rings is 1. The molecule has 2 heteroatoms. The molecule has 14 heavy (non-hydrogen) atoms. The van der Waals surface area contributed by atoms with Crippen LogP contribution in [-0.2, 0) is 12.8 Å². The van der Waals surface area contributed by atoms with Crippen molar-refractivity contribution in [3.8, 4) is 0 Å². The van der Waals surface area contributed by atoms with Crippen LogP contribution >= 0.6 is 11.3 Å². The molecule has 0 bridgehead atoms. The first-order valence-electron chi connectivity index (χ1n) is 4.94. The largest absolute Gasteiger partial charge is 0.362 e. The molecule has 0 aliphatic rings. The molecule has 0 aromatic carbocycles. The Balaban J connectivity index is 1.94. The maximum atomic E-state index is 3.36. The summed E-state index contributed by atoms with van der Waals surface area (Å²) in [6.07, 6.45) is 2.27. The highest BCUT2D eigenvalue weighted by Crippen LogP contribution is 2.17. The normalized spacial score (nSPS) is 10.7. The maximum Gasteiger partial charge on any atom is 0.0152 e. The summed E-state index contributed by atoms with van der Waals surface area (Å²) in [5.74, 6) is 0. The van der Waals surface area contributed by atoms with Crippen LogP contribution in [-0.4, -0.2) is 4.98 Å². The molecule has 2 rings (SSSR count). The minimum absolute atomic E-state index is 1.12. The first-order valence-corrected chi connectivity index (χ1v) is 5.75. The molecule has 0 amide bonds. The Morgan fingerprint density at radius 1 is 1.07 bits per heavy atom. The van der Waals surface area contributed by atoms with E-state index in [1.807, 2.05) is 11.3 Å². The van der Waals surface area contributed by atoms with E-state index in [9.17, 15) is 0 Å². The average molecular weight is 205 g/mol. The van der Waals surface area contributed by atoms with Crippen molar-refractivity contribution in [2.24, 2.45) is 0 Å². The Bertz CT molecular complexity index is 371. The SMILES string of the molecule is Cc1ccc(CCc2ccc(C)s2)[nH]1. The van der Waals surface area contributed by atoms with Crippen LogP contribution in [0.25, 0.3) is 0 Å². The summed E-state index contributed by atoms with van der Waals surface area (Å²) >= 11 is 1.90. The molecule has 0 saturated carbocycles. The second-order valence-electron chi connectivity index (χ2n) is 3.68. The van der Waals surface area contributed by atoms with Crippen molar-refractivity contribution in [2.45, 2.75) is 26.7 Å². The summed E-state index contributed by atoms with van der Waals surface area (Å²) < 4.78 is 0. The molecule has 1 nitrogen and oxygen atoms in total. The van der Waals surface area contributed by atoms with Gasteiger partial charge in [0.05, 0.1) is 0 Å². The summed E-state index contributed by atoms with van der Waals surface area (Å²) in [5, 5.41) is 0. The zero-order chi connectivity index (χ0) is 9.97. The standard InChI is InChI=1S/C12H15NS/c1-9-3-5-11(13-9)6-8-12-7-4-10(2)14-12/h3-5,7,13H,6,8H2,1-2H3. The number of aromatic nitrogens is 1. The molecule has 74 valence electrons. The van der Waals surface area contributed by atoms with Gasteiger partial charge in [-0.25, -0.2) is 0 Å². The summed E-state index contributed by atoms with van der Waals surface area (Å²) in [6, 6.07) is 8.74. The van der Waals surface area contributed by atoms with Crippen LogP contribution in [0.1, 0.15) is 21.1 Å². The molecule has 2 aromatic rings. The highest BCUT2D eigenvalue weighted by atomic mass is 32.1. The van der Waals surface area contributed by atoms with E-state index in [1.54, 1.807) is 0 Å². The zero-order valence-corrected chi connectivity index (χ0v) is 9.45. The van der Waals surface area contributed by atoms with Gasteiger partial charge in [-0.2, -0.15) is 0 Å². The smallest absolute Gasteiger partial charge is 0.0152 e. The Labute approximate surface area is 88.8 Å². The monoisotopic (exact) mass is 205 g/mol. The number of H-pyrrole nitrogens is 1. The summed E-state index contributed by atoms with van der Waals surface area (Å²) in [4.78, 5) is 6.24. The zero-order valence-electron chi connectivity index (χ0n) is 8.63. The average Bonchev–Trinajstić information content (AvgIpc) is 2.72. The molecule has 0 atom stereocenters. The Hall–Kier alpha value is -1.02. The van der Waals surface area contributed by atoms with Crippen LogP contribution in [0.4, 0.5) is 0 Å². The summed E-state index contributed by atoms with van der Waals surface area (Å²) in [6.45, 7) is 4.26. The lowest BCUT2D eigenvalue weighted by atomic mass is 10.2. The fourth-order valence-corrected chi connectivity index (χ4v) is 2.48. The Morgan fingerprint density at radius 2 is 1.93 bits per heavy atom. The van der Waals surface area contributed by atoms with Crippen LogP contribution in [0.3, 0.4) is 0 Å². The topological polar surface area (TPSA) is 15.8 Å². The molecule has 0 radical (unpaired) electrons. The molecule has 0 aliphatic carbocycles. The van der Waals surface area contributed by atoms with Crippen molar-refractivity contribution in [3.05, 3.63) is 45.4 Å². The molecule has 1 N–H and O–H groups in total. The fourth-order valence-electron chi connectivity index (χ4n) is 1.59. The van der Waals surface area contributed by atoms with Gasteiger partial charge in [-0.3, -0.25) is 0 Å². The van der Waals surface area contributed by atoms with Crippen molar-refractivity contribution < 1.29 is 0 Å². The minimum atomic E-state index is 1.12. The van der Waals surface area contributed by atoms with E-state index in [1.165, 1.54) is 21.1 Å². The van der Waals surface area contributed by atoms with Gasteiger partial charge in [0.1, 0.15) is 0 Å².